The van der Waals surface area contributed by atoms with Crippen LogP contribution in [0.15, 0.2) is 0 Å². The molecule has 6 heteroatoms. The molecule has 0 aromatic rings. The molecule has 1 heterocycles. The second kappa shape index (κ2) is 28.9. The monoisotopic (exact) mass is 571 g/mol. The van der Waals surface area contributed by atoms with Crippen LogP contribution in [0.5, 0.6) is 0 Å². The molecule has 0 saturated carbocycles. The van der Waals surface area contributed by atoms with Crippen LogP contribution in [0.4, 0.5) is 0 Å². The third-order valence-electron chi connectivity index (χ3n) is 8.31. The summed E-state index contributed by atoms with van der Waals surface area (Å²) in [5, 5.41) is 20.8. The van der Waals surface area contributed by atoms with Crippen molar-refractivity contribution in [1.29, 1.82) is 0 Å². The molecule has 240 valence electrons. The molecule has 2 unspecified atom stereocenters. The molecule has 1 saturated heterocycles. The Labute approximate surface area is 249 Å². The number of hydrogen-bond acceptors (Lipinski definition) is 6. The molecule has 1 aliphatic rings. The second-order valence-corrected chi connectivity index (χ2v) is 12.4. The van der Waals surface area contributed by atoms with Gasteiger partial charge in [-0.3, -0.25) is 9.80 Å². The van der Waals surface area contributed by atoms with Crippen LogP contribution in [-0.2, 0) is 9.47 Å². The van der Waals surface area contributed by atoms with E-state index in [9.17, 15) is 10.2 Å². The number of aliphatic hydroxyl groups is 2. The lowest BCUT2D eigenvalue weighted by Gasteiger charge is -2.36. The van der Waals surface area contributed by atoms with Gasteiger partial charge in [-0.1, -0.05) is 129 Å². The lowest BCUT2D eigenvalue weighted by atomic mass is 10.1. The molecule has 0 radical (unpaired) electrons. The molecule has 40 heavy (non-hydrogen) atoms. The van der Waals surface area contributed by atoms with Crippen LogP contribution < -0.4 is 0 Å². The lowest BCUT2D eigenvalue weighted by molar-refractivity contribution is -0.00941. The van der Waals surface area contributed by atoms with Crippen LogP contribution in [0.1, 0.15) is 142 Å². The molecule has 0 aliphatic carbocycles. The minimum atomic E-state index is -0.417. The van der Waals surface area contributed by atoms with Crippen molar-refractivity contribution in [3.63, 3.8) is 0 Å². The molecule has 0 aromatic heterocycles. The fourth-order valence-electron chi connectivity index (χ4n) is 5.68. The van der Waals surface area contributed by atoms with Crippen molar-refractivity contribution in [2.24, 2.45) is 0 Å². The first-order chi connectivity index (χ1) is 19.7. The molecule has 1 fully saturated rings. The zero-order chi connectivity index (χ0) is 28.9. The Hall–Kier alpha value is -0.240. The number of rotatable bonds is 30. The summed E-state index contributed by atoms with van der Waals surface area (Å²) in [7, 11) is 0. The van der Waals surface area contributed by atoms with E-state index in [2.05, 4.69) is 23.6 Å². The van der Waals surface area contributed by atoms with Gasteiger partial charge in [0.05, 0.1) is 25.4 Å². The van der Waals surface area contributed by atoms with Gasteiger partial charge in [0.25, 0.3) is 0 Å². The van der Waals surface area contributed by atoms with Gasteiger partial charge in [0.2, 0.25) is 0 Å². The molecule has 0 amide bonds. The number of ether oxygens (including phenoxy) is 2. The largest absolute Gasteiger partial charge is 0.389 e. The fraction of sp³-hybridized carbons (Fsp3) is 1.00. The summed E-state index contributed by atoms with van der Waals surface area (Å²) in [6.07, 6.45) is 25.8. The van der Waals surface area contributed by atoms with E-state index in [1.54, 1.807) is 0 Å². The maximum absolute atomic E-state index is 10.4. The van der Waals surface area contributed by atoms with E-state index >= 15 is 0 Å². The molecular formula is C34H70N2O4. The fourth-order valence-corrected chi connectivity index (χ4v) is 5.68. The summed E-state index contributed by atoms with van der Waals surface area (Å²) in [5.41, 5.74) is 0. The van der Waals surface area contributed by atoms with Crippen molar-refractivity contribution in [2.75, 3.05) is 65.7 Å². The Morgan fingerprint density at radius 2 is 0.725 bits per heavy atom. The van der Waals surface area contributed by atoms with E-state index in [-0.39, 0.29) is 0 Å². The average Bonchev–Trinajstić information content (AvgIpc) is 2.95. The van der Waals surface area contributed by atoms with Gasteiger partial charge in [0.1, 0.15) is 0 Å². The van der Waals surface area contributed by atoms with Gasteiger partial charge in [-0.25, -0.2) is 0 Å². The van der Waals surface area contributed by atoms with Crippen LogP contribution >= 0.6 is 0 Å². The quantitative estimate of drug-likeness (QED) is 0.0891. The molecule has 0 spiro atoms. The van der Waals surface area contributed by atoms with E-state index in [0.717, 1.165) is 52.2 Å². The van der Waals surface area contributed by atoms with Gasteiger partial charge >= 0.3 is 0 Å². The lowest BCUT2D eigenvalue weighted by Crippen LogP contribution is -2.51. The molecule has 0 aromatic carbocycles. The van der Waals surface area contributed by atoms with Crippen LogP contribution in [0.3, 0.4) is 0 Å². The zero-order valence-corrected chi connectivity index (χ0v) is 27.0. The topological polar surface area (TPSA) is 65.4 Å². The number of piperazine rings is 1. The molecule has 0 bridgehead atoms. The van der Waals surface area contributed by atoms with Gasteiger partial charge in [-0.15, -0.1) is 0 Å². The smallest absolute Gasteiger partial charge is 0.0900 e. The highest BCUT2D eigenvalue weighted by molar-refractivity contribution is 4.76. The van der Waals surface area contributed by atoms with E-state index in [1.165, 1.54) is 116 Å². The minimum absolute atomic E-state index is 0.417. The van der Waals surface area contributed by atoms with Crippen molar-refractivity contribution >= 4 is 0 Å². The SMILES string of the molecule is CCCCCCCCCCCCOCC(O)CN1CCN(CC(O)COCCCCCCCCCCCC)CC1. The summed E-state index contributed by atoms with van der Waals surface area (Å²) >= 11 is 0. The number of aliphatic hydroxyl groups excluding tert-OH is 2. The molecular weight excluding hydrogens is 500 g/mol. The molecule has 1 rings (SSSR count). The summed E-state index contributed by atoms with van der Waals surface area (Å²) in [4.78, 5) is 4.64. The Balaban J connectivity index is 1.88. The molecule has 2 N–H and O–H groups in total. The number of unbranched alkanes of at least 4 members (excludes halogenated alkanes) is 18. The van der Waals surface area contributed by atoms with Gasteiger partial charge in [-0.2, -0.15) is 0 Å². The molecule has 6 nitrogen and oxygen atoms in total. The summed E-state index contributed by atoms with van der Waals surface area (Å²) < 4.78 is 11.5. The highest BCUT2D eigenvalue weighted by Gasteiger charge is 2.21. The van der Waals surface area contributed by atoms with Crippen molar-refractivity contribution in [2.45, 2.75) is 154 Å². The first-order valence-corrected chi connectivity index (χ1v) is 17.6. The number of hydrogen-bond donors (Lipinski definition) is 2. The summed E-state index contributed by atoms with van der Waals surface area (Å²) in [6.45, 7) is 12.0. The predicted octanol–water partition coefficient (Wildman–Crippen LogP) is 7.20. The van der Waals surface area contributed by atoms with Crippen molar-refractivity contribution in [3.8, 4) is 0 Å². The maximum atomic E-state index is 10.4. The normalized spacial score (nSPS) is 16.5. The van der Waals surface area contributed by atoms with E-state index in [1.807, 2.05) is 0 Å². The first-order valence-electron chi connectivity index (χ1n) is 17.6. The minimum Gasteiger partial charge on any atom is -0.389 e. The van der Waals surface area contributed by atoms with Crippen molar-refractivity contribution in [1.82, 2.24) is 9.80 Å². The second-order valence-electron chi connectivity index (χ2n) is 12.4. The third-order valence-corrected chi connectivity index (χ3v) is 8.31. The van der Waals surface area contributed by atoms with Crippen LogP contribution in [0.2, 0.25) is 0 Å². The van der Waals surface area contributed by atoms with Gasteiger partial charge in [-0.05, 0) is 12.8 Å². The van der Waals surface area contributed by atoms with E-state index in [4.69, 9.17) is 9.47 Å². The number of β-amino-alcohol motifs (C(OH)–C–C–N with tert-alkyl or cyclic N) is 2. The Kier molecular flexibility index (Phi) is 27.3. The Morgan fingerprint density at radius 3 is 1.02 bits per heavy atom. The Bertz CT molecular complexity index is 458. The van der Waals surface area contributed by atoms with Crippen LogP contribution in [-0.4, -0.2) is 97.9 Å². The van der Waals surface area contributed by atoms with Gasteiger partial charge < -0.3 is 19.7 Å². The average molecular weight is 571 g/mol. The van der Waals surface area contributed by atoms with Crippen LogP contribution in [0.25, 0.3) is 0 Å². The van der Waals surface area contributed by atoms with E-state index in [0.29, 0.717) is 26.3 Å². The standard InChI is InChI=1S/C34H70N2O4/c1-3-5-7-9-11-13-15-17-19-21-27-39-31-33(37)29-35-23-25-36(26-24-35)30-34(38)32-40-28-22-20-18-16-14-12-10-8-6-4-2/h33-34,37-38H,3-32H2,1-2H3. The van der Waals surface area contributed by atoms with Crippen LogP contribution in [0, 0.1) is 0 Å². The third kappa shape index (κ3) is 24.4. The van der Waals surface area contributed by atoms with Crippen molar-refractivity contribution in [3.05, 3.63) is 0 Å². The molecule has 2 atom stereocenters. The predicted molar refractivity (Wildman–Crippen MR) is 170 cm³/mol. The number of nitrogens with zero attached hydrogens (tertiary/aromatic N) is 2. The van der Waals surface area contributed by atoms with E-state index < -0.39 is 12.2 Å². The summed E-state index contributed by atoms with van der Waals surface area (Å²) in [5.74, 6) is 0. The van der Waals surface area contributed by atoms with Gasteiger partial charge in [0, 0.05) is 52.5 Å². The Morgan fingerprint density at radius 1 is 0.450 bits per heavy atom. The zero-order valence-electron chi connectivity index (χ0n) is 27.0. The maximum Gasteiger partial charge on any atom is 0.0900 e. The molecule has 1 aliphatic heterocycles. The summed E-state index contributed by atoms with van der Waals surface area (Å²) in [6, 6.07) is 0. The highest BCUT2D eigenvalue weighted by atomic mass is 16.5. The first kappa shape index (κ1) is 37.8. The highest BCUT2D eigenvalue weighted by Crippen LogP contribution is 2.12. The van der Waals surface area contributed by atoms with Crippen molar-refractivity contribution < 1.29 is 19.7 Å². The van der Waals surface area contributed by atoms with Gasteiger partial charge in [0.15, 0.2) is 0 Å².